The maximum atomic E-state index is 13.0. The molecule has 0 radical (unpaired) electrons. The number of carbonyl (C=O) groups is 1. The number of esters is 1. The molecule has 0 fully saturated rings. The van der Waals surface area contributed by atoms with Crippen molar-refractivity contribution < 1.29 is 14.3 Å². The highest BCUT2D eigenvalue weighted by atomic mass is 35.5. The fourth-order valence-electron chi connectivity index (χ4n) is 2.64. The molecule has 6 nitrogen and oxygen atoms in total. The first-order chi connectivity index (χ1) is 13.0. The van der Waals surface area contributed by atoms with E-state index in [1.54, 1.807) is 19.1 Å². The van der Waals surface area contributed by atoms with Crippen molar-refractivity contribution in [3.8, 4) is 11.1 Å². The van der Waals surface area contributed by atoms with Crippen molar-refractivity contribution in [2.75, 3.05) is 19.8 Å². The van der Waals surface area contributed by atoms with Gasteiger partial charge in [0, 0.05) is 22.6 Å². The Bertz CT molecular complexity index is 997. The van der Waals surface area contributed by atoms with Crippen LogP contribution in [0.15, 0.2) is 40.8 Å². The van der Waals surface area contributed by atoms with Crippen LogP contribution in [-0.2, 0) is 14.3 Å². The Morgan fingerprint density at radius 3 is 2.74 bits per heavy atom. The first-order valence-electron chi connectivity index (χ1n) is 8.51. The van der Waals surface area contributed by atoms with Crippen LogP contribution in [0.3, 0.4) is 0 Å². The zero-order valence-corrected chi connectivity index (χ0v) is 16.5. The van der Waals surface area contributed by atoms with Gasteiger partial charge >= 0.3 is 5.97 Å². The van der Waals surface area contributed by atoms with Crippen LogP contribution in [0.1, 0.15) is 19.9 Å². The minimum Gasteiger partial charge on any atom is -0.462 e. The molecule has 142 valence electrons. The van der Waals surface area contributed by atoms with Crippen LogP contribution in [0.5, 0.6) is 0 Å². The molecule has 1 unspecified atom stereocenters. The summed E-state index contributed by atoms with van der Waals surface area (Å²) in [5, 5.41) is 2.99. The van der Waals surface area contributed by atoms with Gasteiger partial charge in [-0.3, -0.25) is 9.36 Å². The van der Waals surface area contributed by atoms with Crippen molar-refractivity contribution >= 4 is 39.1 Å². The highest BCUT2D eigenvalue weighted by Crippen LogP contribution is 2.31. The first kappa shape index (κ1) is 19.5. The Balaban J connectivity index is 1.92. The van der Waals surface area contributed by atoms with Gasteiger partial charge in [0.05, 0.1) is 18.3 Å². The van der Waals surface area contributed by atoms with E-state index in [1.807, 2.05) is 24.4 Å². The predicted octanol–water partition coefficient (Wildman–Crippen LogP) is 3.92. The highest BCUT2D eigenvalue weighted by molar-refractivity contribution is 7.17. The predicted molar refractivity (Wildman–Crippen MR) is 106 cm³/mol. The quantitative estimate of drug-likeness (QED) is 0.439. The van der Waals surface area contributed by atoms with Crippen molar-refractivity contribution in [3.05, 3.63) is 51.3 Å². The van der Waals surface area contributed by atoms with E-state index in [-0.39, 0.29) is 12.2 Å². The van der Waals surface area contributed by atoms with Crippen LogP contribution in [0.4, 0.5) is 0 Å². The summed E-state index contributed by atoms with van der Waals surface area (Å²) in [5.74, 6) is -0.499. The number of benzene rings is 1. The molecule has 0 spiro atoms. The van der Waals surface area contributed by atoms with Crippen molar-refractivity contribution in [1.29, 1.82) is 0 Å². The van der Waals surface area contributed by atoms with Crippen molar-refractivity contribution in [3.63, 3.8) is 0 Å². The van der Waals surface area contributed by atoms with Crippen molar-refractivity contribution in [1.82, 2.24) is 9.55 Å². The fourth-order valence-corrected chi connectivity index (χ4v) is 3.68. The monoisotopic (exact) mass is 406 g/mol. The molecule has 3 rings (SSSR count). The molecule has 3 aromatic rings. The van der Waals surface area contributed by atoms with Gasteiger partial charge in [0.25, 0.3) is 5.56 Å². The molecule has 0 saturated heterocycles. The standard InChI is InChI=1S/C19H19ClN2O4S/c1-3-25-8-9-26-19(24)12(2)22-11-21-17-16(18(22)23)15(10-27-17)13-4-6-14(20)7-5-13/h4-7,10-12H,3,8-9H2,1-2H3. The Morgan fingerprint density at radius 2 is 2.04 bits per heavy atom. The largest absolute Gasteiger partial charge is 0.462 e. The second-order valence-corrected chi connectivity index (χ2v) is 7.13. The number of thiophene rings is 1. The molecular weight excluding hydrogens is 388 g/mol. The summed E-state index contributed by atoms with van der Waals surface area (Å²) >= 11 is 7.33. The summed E-state index contributed by atoms with van der Waals surface area (Å²) in [5.41, 5.74) is 1.37. The molecule has 0 N–H and O–H groups in total. The van der Waals surface area contributed by atoms with Crippen molar-refractivity contribution in [2.45, 2.75) is 19.9 Å². The zero-order chi connectivity index (χ0) is 19.4. The highest BCUT2D eigenvalue weighted by Gasteiger charge is 2.21. The van der Waals surface area contributed by atoms with E-state index < -0.39 is 12.0 Å². The summed E-state index contributed by atoms with van der Waals surface area (Å²) in [6.07, 6.45) is 1.39. The lowest BCUT2D eigenvalue weighted by atomic mass is 10.1. The fraction of sp³-hybridized carbons (Fsp3) is 0.316. The van der Waals surface area contributed by atoms with Crippen LogP contribution in [-0.4, -0.2) is 35.3 Å². The molecular formula is C19H19ClN2O4S. The molecule has 0 amide bonds. The van der Waals surface area contributed by atoms with Gasteiger partial charge in [-0.25, -0.2) is 9.78 Å². The third-order valence-corrected chi connectivity index (χ3v) is 5.25. The average molecular weight is 407 g/mol. The third-order valence-electron chi connectivity index (χ3n) is 4.11. The number of aromatic nitrogens is 2. The molecule has 0 bridgehead atoms. The zero-order valence-electron chi connectivity index (χ0n) is 15.0. The third kappa shape index (κ3) is 4.21. The van der Waals surface area contributed by atoms with Gasteiger partial charge in [0.2, 0.25) is 0 Å². The molecule has 1 atom stereocenters. The minimum atomic E-state index is -0.783. The van der Waals surface area contributed by atoms with E-state index in [0.717, 1.165) is 11.1 Å². The van der Waals surface area contributed by atoms with E-state index in [1.165, 1.54) is 22.2 Å². The molecule has 8 heteroatoms. The van der Waals surface area contributed by atoms with Crippen LogP contribution < -0.4 is 5.56 Å². The maximum Gasteiger partial charge on any atom is 0.329 e. The van der Waals surface area contributed by atoms with Gasteiger partial charge < -0.3 is 9.47 Å². The molecule has 0 aliphatic heterocycles. The Labute approximate surface area is 165 Å². The number of fused-ring (bicyclic) bond motifs is 1. The number of hydrogen-bond donors (Lipinski definition) is 0. The van der Waals surface area contributed by atoms with Gasteiger partial charge in [-0.15, -0.1) is 11.3 Å². The summed E-state index contributed by atoms with van der Waals surface area (Å²) in [4.78, 5) is 30.3. The first-order valence-corrected chi connectivity index (χ1v) is 9.77. The summed E-state index contributed by atoms with van der Waals surface area (Å²) in [7, 11) is 0. The van der Waals surface area contributed by atoms with Crippen LogP contribution in [0.25, 0.3) is 21.3 Å². The number of rotatable bonds is 7. The van der Waals surface area contributed by atoms with Crippen LogP contribution in [0.2, 0.25) is 5.02 Å². The molecule has 0 aliphatic rings. The number of halogens is 1. The number of nitrogens with zero attached hydrogens (tertiary/aromatic N) is 2. The molecule has 27 heavy (non-hydrogen) atoms. The van der Waals surface area contributed by atoms with Gasteiger partial charge in [0.15, 0.2) is 0 Å². The topological polar surface area (TPSA) is 70.4 Å². The van der Waals surface area contributed by atoms with Gasteiger partial charge in [0.1, 0.15) is 17.5 Å². The number of ether oxygens (including phenoxy) is 2. The minimum absolute atomic E-state index is 0.149. The SMILES string of the molecule is CCOCCOC(=O)C(C)n1cnc2scc(-c3ccc(Cl)cc3)c2c1=O. The lowest BCUT2D eigenvalue weighted by Gasteiger charge is -2.14. The lowest BCUT2D eigenvalue weighted by Crippen LogP contribution is -2.30. The normalized spacial score (nSPS) is 12.3. The van der Waals surface area contributed by atoms with E-state index in [9.17, 15) is 9.59 Å². The second kappa shape index (κ2) is 8.65. The van der Waals surface area contributed by atoms with E-state index >= 15 is 0 Å². The van der Waals surface area contributed by atoms with Crippen molar-refractivity contribution in [2.24, 2.45) is 0 Å². The lowest BCUT2D eigenvalue weighted by molar-refractivity contribution is -0.148. The molecule has 0 saturated carbocycles. The Kier molecular flexibility index (Phi) is 6.26. The van der Waals surface area contributed by atoms with Crippen LogP contribution in [0, 0.1) is 0 Å². The molecule has 2 aromatic heterocycles. The van der Waals surface area contributed by atoms with Gasteiger partial charge in [-0.1, -0.05) is 23.7 Å². The van der Waals surface area contributed by atoms with E-state index in [0.29, 0.717) is 28.5 Å². The maximum absolute atomic E-state index is 13.0. The van der Waals surface area contributed by atoms with Crippen LogP contribution >= 0.6 is 22.9 Å². The Morgan fingerprint density at radius 1 is 1.30 bits per heavy atom. The molecule has 2 heterocycles. The van der Waals surface area contributed by atoms with E-state index in [4.69, 9.17) is 21.1 Å². The molecule has 0 aliphatic carbocycles. The second-order valence-electron chi connectivity index (χ2n) is 5.83. The summed E-state index contributed by atoms with van der Waals surface area (Å²) < 4.78 is 11.6. The van der Waals surface area contributed by atoms with Gasteiger partial charge in [-0.05, 0) is 31.5 Å². The number of hydrogen-bond acceptors (Lipinski definition) is 6. The van der Waals surface area contributed by atoms with Gasteiger partial charge in [-0.2, -0.15) is 0 Å². The summed E-state index contributed by atoms with van der Waals surface area (Å²) in [6, 6.07) is 6.47. The smallest absolute Gasteiger partial charge is 0.329 e. The summed E-state index contributed by atoms with van der Waals surface area (Å²) in [6.45, 7) is 4.51. The molecule has 1 aromatic carbocycles. The average Bonchev–Trinajstić information content (AvgIpc) is 3.10. The van der Waals surface area contributed by atoms with E-state index in [2.05, 4.69) is 4.98 Å². The Hall–Kier alpha value is -2.22. The number of carbonyl (C=O) groups excluding carboxylic acids is 1.